The Morgan fingerprint density at radius 2 is 2.09 bits per heavy atom. The molecule has 0 aliphatic carbocycles. The number of aryl methyl sites for hydroxylation is 1. The predicted octanol–water partition coefficient (Wildman–Crippen LogP) is 1.33. The Hall–Kier alpha value is -3.09. The van der Waals surface area contributed by atoms with E-state index in [4.69, 9.17) is 11.5 Å². The number of phenolic OH excluding ortho intramolecular Hbond substituents is 1. The Labute approximate surface area is 126 Å². The molecular formula is C15H15N5O2. The third-order valence-corrected chi connectivity index (χ3v) is 3.73. The number of pyridine rings is 1. The van der Waals surface area contributed by atoms with Gasteiger partial charge < -0.3 is 16.6 Å². The van der Waals surface area contributed by atoms with Gasteiger partial charge in [0, 0.05) is 18.0 Å². The molecule has 0 spiro atoms. The number of nitrogens with two attached hydrogens (primary N) is 2. The van der Waals surface area contributed by atoms with Crippen molar-refractivity contribution in [2.24, 2.45) is 12.8 Å². The lowest BCUT2D eigenvalue weighted by molar-refractivity contribution is 0.0997. The number of hydrogen-bond acceptors (Lipinski definition) is 5. The van der Waals surface area contributed by atoms with Gasteiger partial charge in [-0.1, -0.05) is 12.1 Å². The Balaban J connectivity index is 2.49. The third kappa shape index (κ3) is 1.86. The molecule has 0 fully saturated rings. The quantitative estimate of drug-likeness (QED) is 0.659. The second-order valence-electron chi connectivity index (χ2n) is 5.07. The molecule has 7 nitrogen and oxygen atoms in total. The van der Waals surface area contributed by atoms with E-state index in [1.165, 1.54) is 0 Å². The van der Waals surface area contributed by atoms with E-state index >= 15 is 0 Å². The van der Waals surface area contributed by atoms with Gasteiger partial charge in [0.15, 0.2) is 11.3 Å². The van der Waals surface area contributed by atoms with Crippen molar-refractivity contribution in [3.05, 3.63) is 35.7 Å². The van der Waals surface area contributed by atoms with Gasteiger partial charge in [-0.25, -0.2) is 4.98 Å². The lowest BCUT2D eigenvalue weighted by Crippen LogP contribution is -2.17. The van der Waals surface area contributed by atoms with Crippen LogP contribution in [0.25, 0.3) is 22.2 Å². The topological polar surface area (TPSA) is 120 Å². The summed E-state index contributed by atoms with van der Waals surface area (Å²) in [5.74, 6) is -0.564. The number of anilines is 1. The Morgan fingerprint density at radius 3 is 2.77 bits per heavy atom. The van der Waals surface area contributed by atoms with Crippen LogP contribution in [0.1, 0.15) is 16.1 Å². The minimum atomic E-state index is -0.709. The molecule has 5 N–H and O–H groups in total. The van der Waals surface area contributed by atoms with Crippen molar-refractivity contribution in [3.63, 3.8) is 0 Å². The number of carbonyl (C=O) groups is 1. The van der Waals surface area contributed by atoms with Crippen LogP contribution >= 0.6 is 0 Å². The molecular weight excluding hydrogens is 282 g/mol. The summed E-state index contributed by atoms with van der Waals surface area (Å²) in [6, 6.07) is 5.12. The standard InChI is InChI=1S/C15H15N5O2/c1-7-8(4-3-5-10(7)21)11-9-6-18-20(2)15(9)19-13(12(11)16)14(17)22/h3-6,21H,16H2,1-2H3,(H2,17,22). The monoisotopic (exact) mass is 297 g/mol. The maximum Gasteiger partial charge on any atom is 0.269 e. The average Bonchev–Trinajstić information content (AvgIpc) is 2.83. The van der Waals surface area contributed by atoms with Crippen molar-refractivity contribution in [1.82, 2.24) is 14.8 Å². The zero-order chi connectivity index (χ0) is 16.0. The number of carbonyl (C=O) groups excluding carboxylic acids is 1. The van der Waals surface area contributed by atoms with E-state index in [0.717, 1.165) is 0 Å². The molecule has 0 radical (unpaired) electrons. The van der Waals surface area contributed by atoms with Crippen molar-refractivity contribution >= 4 is 22.6 Å². The molecule has 2 heterocycles. The van der Waals surface area contributed by atoms with E-state index in [1.54, 1.807) is 37.0 Å². The van der Waals surface area contributed by atoms with Gasteiger partial charge in [0.2, 0.25) is 0 Å². The largest absolute Gasteiger partial charge is 0.508 e. The molecule has 7 heteroatoms. The fourth-order valence-electron chi connectivity index (χ4n) is 2.54. The van der Waals surface area contributed by atoms with Gasteiger partial charge >= 0.3 is 0 Å². The van der Waals surface area contributed by atoms with Crippen LogP contribution in [0.3, 0.4) is 0 Å². The summed E-state index contributed by atoms with van der Waals surface area (Å²) in [5, 5.41) is 14.8. The van der Waals surface area contributed by atoms with Crippen LogP contribution in [-0.2, 0) is 7.05 Å². The van der Waals surface area contributed by atoms with Crippen molar-refractivity contribution in [2.75, 3.05) is 5.73 Å². The molecule has 22 heavy (non-hydrogen) atoms. The second kappa shape index (κ2) is 4.73. The SMILES string of the molecule is Cc1c(O)cccc1-c1c(N)c(C(N)=O)nc2c1cnn2C. The third-order valence-electron chi connectivity index (χ3n) is 3.73. The molecule has 1 aromatic carbocycles. The maximum atomic E-state index is 11.6. The molecule has 0 saturated carbocycles. The molecule has 2 aromatic heterocycles. The first-order valence-corrected chi connectivity index (χ1v) is 6.61. The van der Waals surface area contributed by atoms with Gasteiger partial charge in [-0.2, -0.15) is 5.10 Å². The van der Waals surface area contributed by atoms with Crippen LogP contribution in [-0.4, -0.2) is 25.8 Å². The van der Waals surface area contributed by atoms with Crippen molar-refractivity contribution < 1.29 is 9.90 Å². The molecule has 0 saturated heterocycles. The van der Waals surface area contributed by atoms with Crippen LogP contribution < -0.4 is 11.5 Å². The summed E-state index contributed by atoms with van der Waals surface area (Å²) in [7, 11) is 1.72. The molecule has 3 rings (SSSR count). The molecule has 0 atom stereocenters. The van der Waals surface area contributed by atoms with E-state index in [0.29, 0.717) is 27.7 Å². The number of aromatic nitrogens is 3. The van der Waals surface area contributed by atoms with Gasteiger partial charge in [0.25, 0.3) is 5.91 Å². The molecule has 0 aliphatic rings. The Bertz CT molecular complexity index is 914. The lowest BCUT2D eigenvalue weighted by atomic mass is 9.96. The maximum absolute atomic E-state index is 11.6. The summed E-state index contributed by atoms with van der Waals surface area (Å²) in [4.78, 5) is 15.8. The highest BCUT2D eigenvalue weighted by Crippen LogP contribution is 2.38. The van der Waals surface area contributed by atoms with Crippen molar-refractivity contribution in [1.29, 1.82) is 0 Å². The normalized spacial score (nSPS) is 11.0. The molecule has 1 amide bonds. The predicted molar refractivity (Wildman–Crippen MR) is 83.3 cm³/mol. The highest BCUT2D eigenvalue weighted by atomic mass is 16.3. The summed E-state index contributed by atoms with van der Waals surface area (Å²) in [6.45, 7) is 1.77. The molecule has 0 bridgehead atoms. The smallest absolute Gasteiger partial charge is 0.269 e. The Kier molecular flexibility index (Phi) is 2.98. The van der Waals surface area contributed by atoms with Gasteiger partial charge in [-0.15, -0.1) is 0 Å². The zero-order valence-electron chi connectivity index (χ0n) is 12.2. The van der Waals surface area contributed by atoms with Crippen molar-refractivity contribution in [2.45, 2.75) is 6.92 Å². The minimum absolute atomic E-state index is 0.00570. The number of phenols is 1. The molecule has 112 valence electrons. The van der Waals surface area contributed by atoms with Gasteiger partial charge in [-0.05, 0) is 24.1 Å². The number of hydrogen-bond donors (Lipinski definition) is 3. The first kappa shape index (κ1) is 13.9. The number of benzene rings is 1. The molecule has 0 unspecified atom stereocenters. The summed E-state index contributed by atoms with van der Waals surface area (Å²) < 4.78 is 1.54. The fourth-order valence-corrected chi connectivity index (χ4v) is 2.54. The molecule has 3 aromatic rings. The lowest BCUT2D eigenvalue weighted by Gasteiger charge is -2.13. The van der Waals surface area contributed by atoms with E-state index in [9.17, 15) is 9.90 Å². The number of amides is 1. The second-order valence-corrected chi connectivity index (χ2v) is 5.07. The summed E-state index contributed by atoms with van der Waals surface area (Å²) in [5.41, 5.74) is 14.1. The average molecular weight is 297 g/mol. The van der Waals surface area contributed by atoms with E-state index in [1.807, 2.05) is 6.07 Å². The molecule has 0 aliphatic heterocycles. The van der Waals surface area contributed by atoms with E-state index < -0.39 is 5.91 Å². The highest BCUT2D eigenvalue weighted by Gasteiger charge is 2.21. The number of primary amides is 1. The number of nitrogen functional groups attached to an aromatic ring is 1. The number of aromatic hydroxyl groups is 1. The van der Waals surface area contributed by atoms with Crippen LogP contribution in [0, 0.1) is 6.92 Å². The fraction of sp³-hybridized carbons (Fsp3) is 0.133. The van der Waals surface area contributed by atoms with Gasteiger partial charge in [0.1, 0.15) is 5.75 Å². The Morgan fingerprint density at radius 1 is 1.36 bits per heavy atom. The van der Waals surface area contributed by atoms with Crippen LogP contribution in [0.5, 0.6) is 5.75 Å². The van der Waals surface area contributed by atoms with Crippen LogP contribution in [0.4, 0.5) is 5.69 Å². The van der Waals surface area contributed by atoms with Gasteiger partial charge in [-0.3, -0.25) is 9.48 Å². The van der Waals surface area contributed by atoms with E-state index in [2.05, 4.69) is 10.1 Å². The number of nitrogens with zero attached hydrogens (tertiary/aromatic N) is 3. The first-order chi connectivity index (χ1) is 10.4. The first-order valence-electron chi connectivity index (χ1n) is 6.61. The number of fused-ring (bicyclic) bond motifs is 1. The number of rotatable bonds is 2. The highest BCUT2D eigenvalue weighted by molar-refractivity contribution is 6.08. The van der Waals surface area contributed by atoms with Gasteiger partial charge in [0.05, 0.1) is 11.9 Å². The van der Waals surface area contributed by atoms with Crippen LogP contribution in [0.2, 0.25) is 0 Å². The van der Waals surface area contributed by atoms with E-state index in [-0.39, 0.29) is 17.1 Å². The summed E-state index contributed by atoms with van der Waals surface area (Å²) in [6.07, 6.45) is 1.63. The van der Waals surface area contributed by atoms with Crippen LogP contribution in [0.15, 0.2) is 24.4 Å². The zero-order valence-corrected chi connectivity index (χ0v) is 12.2. The summed E-state index contributed by atoms with van der Waals surface area (Å²) >= 11 is 0. The minimum Gasteiger partial charge on any atom is -0.508 e. The van der Waals surface area contributed by atoms with Crippen molar-refractivity contribution in [3.8, 4) is 16.9 Å².